The largest absolute Gasteiger partial charge is 0.386 e. The summed E-state index contributed by atoms with van der Waals surface area (Å²) in [5.74, 6) is 0.723. The summed E-state index contributed by atoms with van der Waals surface area (Å²) in [6.45, 7) is 7.50. The van der Waals surface area contributed by atoms with Gasteiger partial charge in [0.25, 0.3) is 0 Å². The minimum Gasteiger partial charge on any atom is -0.386 e. The zero-order chi connectivity index (χ0) is 16.2. The van der Waals surface area contributed by atoms with Crippen molar-refractivity contribution in [3.63, 3.8) is 0 Å². The van der Waals surface area contributed by atoms with E-state index >= 15 is 0 Å². The van der Waals surface area contributed by atoms with Crippen LogP contribution in [0.25, 0.3) is 0 Å². The molecule has 7 heteroatoms. The average molecular weight is 348 g/mol. The Morgan fingerprint density at radius 2 is 2.18 bits per heavy atom. The standard InChI is InChI=1S/C15H26ClN3O2S/c1-3-17-15(18-9-5-6-10-21-4-2)19-11-12(20)13-7-8-14(16)22-13/h7-8,12,20H,3-6,9-11H2,1-2H3,(H2,17,18,19). The van der Waals surface area contributed by atoms with E-state index in [4.69, 9.17) is 16.3 Å². The first-order chi connectivity index (χ1) is 10.7. The number of hydrogen-bond acceptors (Lipinski definition) is 4. The molecule has 1 aromatic heterocycles. The van der Waals surface area contributed by atoms with Crippen molar-refractivity contribution in [1.82, 2.24) is 10.6 Å². The summed E-state index contributed by atoms with van der Waals surface area (Å²) in [5, 5.41) is 16.5. The van der Waals surface area contributed by atoms with E-state index in [-0.39, 0.29) is 0 Å². The van der Waals surface area contributed by atoms with Gasteiger partial charge in [-0.1, -0.05) is 11.6 Å². The van der Waals surface area contributed by atoms with Gasteiger partial charge in [-0.2, -0.15) is 0 Å². The quantitative estimate of drug-likeness (QED) is 0.346. The van der Waals surface area contributed by atoms with E-state index in [1.165, 1.54) is 11.3 Å². The summed E-state index contributed by atoms with van der Waals surface area (Å²) in [4.78, 5) is 5.24. The normalized spacial score (nSPS) is 13.2. The second kappa shape index (κ2) is 11.7. The highest BCUT2D eigenvalue weighted by Crippen LogP contribution is 2.26. The smallest absolute Gasteiger partial charge is 0.191 e. The minimum absolute atomic E-state index is 0.311. The zero-order valence-electron chi connectivity index (χ0n) is 13.3. The van der Waals surface area contributed by atoms with Crippen molar-refractivity contribution in [2.24, 2.45) is 4.99 Å². The SMILES string of the molecule is CCNC(=NCC(O)c1ccc(Cl)s1)NCCCCOCC. The number of aliphatic hydroxyl groups is 1. The van der Waals surface area contributed by atoms with Crippen molar-refractivity contribution in [3.05, 3.63) is 21.3 Å². The molecule has 0 aliphatic carbocycles. The molecule has 0 spiro atoms. The monoisotopic (exact) mass is 347 g/mol. The predicted molar refractivity (Wildman–Crippen MR) is 94.0 cm³/mol. The van der Waals surface area contributed by atoms with Crippen molar-refractivity contribution in [2.45, 2.75) is 32.8 Å². The number of nitrogens with one attached hydrogen (secondary N) is 2. The highest BCUT2D eigenvalue weighted by molar-refractivity contribution is 7.16. The first-order valence-corrected chi connectivity index (χ1v) is 8.90. The van der Waals surface area contributed by atoms with E-state index in [9.17, 15) is 5.11 Å². The molecule has 0 saturated carbocycles. The molecule has 3 N–H and O–H groups in total. The molecule has 1 atom stereocenters. The molecule has 0 aliphatic heterocycles. The molecule has 0 saturated heterocycles. The highest BCUT2D eigenvalue weighted by Gasteiger charge is 2.10. The molecule has 126 valence electrons. The maximum Gasteiger partial charge on any atom is 0.191 e. The van der Waals surface area contributed by atoms with Crippen LogP contribution in [0.2, 0.25) is 4.34 Å². The fourth-order valence-electron chi connectivity index (χ4n) is 1.80. The van der Waals surface area contributed by atoms with Crippen molar-refractivity contribution in [3.8, 4) is 0 Å². The van der Waals surface area contributed by atoms with E-state index < -0.39 is 6.10 Å². The number of halogens is 1. The number of ether oxygens (including phenoxy) is 1. The van der Waals surface area contributed by atoms with Crippen LogP contribution in [0.1, 0.15) is 37.7 Å². The Kier molecular flexibility index (Phi) is 10.2. The number of aliphatic hydroxyl groups excluding tert-OH is 1. The summed E-state index contributed by atoms with van der Waals surface area (Å²) in [5.41, 5.74) is 0. The third-order valence-corrected chi connectivity index (χ3v) is 4.23. The van der Waals surface area contributed by atoms with E-state index in [0.29, 0.717) is 10.9 Å². The van der Waals surface area contributed by atoms with Crippen LogP contribution >= 0.6 is 22.9 Å². The molecule has 0 radical (unpaired) electrons. The number of aliphatic imine (C=N–C) groups is 1. The van der Waals surface area contributed by atoms with Gasteiger partial charge in [0.2, 0.25) is 0 Å². The van der Waals surface area contributed by atoms with Crippen molar-refractivity contribution in [1.29, 1.82) is 0 Å². The molecule has 0 amide bonds. The molecule has 1 rings (SSSR count). The molecule has 0 aliphatic rings. The Morgan fingerprint density at radius 3 is 2.82 bits per heavy atom. The number of thiophene rings is 1. The number of rotatable bonds is 10. The summed E-state index contributed by atoms with van der Waals surface area (Å²) in [6, 6.07) is 3.62. The molecular weight excluding hydrogens is 322 g/mol. The number of guanidine groups is 1. The molecule has 22 heavy (non-hydrogen) atoms. The predicted octanol–water partition coefficient (Wildman–Crippen LogP) is 2.81. The lowest BCUT2D eigenvalue weighted by Crippen LogP contribution is -2.38. The van der Waals surface area contributed by atoms with Gasteiger partial charge < -0.3 is 20.5 Å². The molecule has 0 bridgehead atoms. The van der Waals surface area contributed by atoms with E-state index in [0.717, 1.165) is 50.0 Å². The Bertz CT molecular complexity index is 440. The molecule has 5 nitrogen and oxygen atoms in total. The third-order valence-electron chi connectivity index (χ3n) is 2.90. The van der Waals surface area contributed by atoms with Gasteiger partial charge in [0.1, 0.15) is 6.10 Å². The van der Waals surface area contributed by atoms with Crippen LogP contribution < -0.4 is 10.6 Å². The number of hydrogen-bond donors (Lipinski definition) is 3. The average Bonchev–Trinajstić information content (AvgIpc) is 2.94. The fourth-order valence-corrected chi connectivity index (χ4v) is 2.84. The molecule has 1 aromatic rings. The summed E-state index contributed by atoms with van der Waals surface area (Å²) >= 11 is 7.26. The van der Waals surface area contributed by atoms with Crippen LogP contribution in [0.3, 0.4) is 0 Å². The first-order valence-electron chi connectivity index (χ1n) is 7.70. The third kappa shape index (κ3) is 7.98. The molecule has 0 aromatic carbocycles. The highest BCUT2D eigenvalue weighted by atomic mass is 35.5. The van der Waals surface area contributed by atoms with Gasteiger partial charge in [-0.15, -0.1) is 11.3 Å². The summed E-state index contributed by atoms with van der Waals surface area (Å²) < 4.78 is 5.98. The molecular formula is C15H26ClN3O2S. The second-order valence-corrected chi connectivity index (χ2v) is 6.45. The van der Waals surface area contributed by atoms with Crippen molar-refractivity contribution in [2.75, 3.05) is 32.8 Å². The summed E-state index contributed by atoms with van der Waals surface area (Å²) in [7, 11) is 0. The van der Waals surface area contributed by atoms with E-state index in [1.54, 1.807) is 6.07 Å². The molecule has 1 unspecified atom stereocenters. The summed E-state index contributed by atoms with van der Waals surface area (Å²) in [6.07, 6.45) is 1.43. The van der Waals surface area contributed by atoms with Crippen molar-refractivity contribution < 1.29 is 9.84 Å². The van der Waals surface area contributed by atoms with E-state index in [2.05, 4.69) is 15.6 Å². The van der Waals surface area contributed by atoms with Crippen LogP contribution in [-0.4, -0.2) is 43.9 Å². The van der Waals surface area contributed by atoms with Crippen LogP contribution in [-0.2, 0) is 4.74 Å². The minimum atomic E-state index is -0.620. The van der Waals surface area contributed by atoms with Gasteiger partial charge in [0, 0.05) is 31.2 Å². The first kappa shape index (κ1) is 19.2. The van der Waals surface area contributed by atoms with Crippen LogP contribution in [0.5, 0.6) is 0 Å². The van der Waals surface area contributed by atoms with Gasteiger partial charge >= 0.3 is 0 Å². The lowest BCUT2D eigenvalue weighted by Gasteiger charge is -2.12. The van der Waals surface area contributed by atoms with Crippen LogP contribution in [0, 0.1) is 0 Å². The lowest BCUT2D eigenvalue weighted by atomic mass is 10.3. The Balaban J connectivity index is 2.34. The van der Waals surface area contributed by atoms with Gasteiger partial charge in [-0.3, -0.25) is 4.99 Å². The zero-order valence-corrected chi connectivity index (χ0v) is 14.8. The maximum absolute atomic E-state index is 10.1. The topological polar surface area (TPSA) is 65.9 Å². The maximum atomic E-state index is 10.1. The lowest BCUT2D eigenvalue weighted by molar-refractivity contribution is 0.143. The number of unbranched alkanes of at least 4 members (excludes halogenated alkanes) is 1. The second-order valence-electron chi connectivity index (χ2n) is 4.71. The Labute approximate surface area is 141 Å². The Morgan fingerprint density at radius 1 is 1.36 bits per heavy atom. The van der Waals surface area contributed by atoms with Crippen LogP contribution in [0.15, 0.2) is 17.1 Å². The van der Waals surface area contributed by atoms with E-state index in [1.807, 2.05) is 19.9 Å². The van der Waals surface area contributed by atoms with Gasteiger partial charge in [0.05, 0.1) is 10.9 Å². The van der Waals surface area contributed by atoms with Crippen LogP contribution in [0.4, 0.5) is 0 Å². The molecule has 1 heterocycles. The molecule has 0 fully saturated rings. The van der Waals surface area contributed by atoms with Crippen molar-refractivity contribution >= 4 is 28.9 Å². The van der Waals surface area contributed by atoms with Gasteiger partial charge in [-0.05, 0) is 38.8 Å². The van der Waals surface area contributed by atoms with Gasteiger partial charge in [0.15, 0.2) is 5.96 Å². The number of nitrogens with zero attached hydrogens (tertiary/aromatic N) is 1. The van der Waals surface area contributed by atoms with Gasteiger partial charge in [-0.25, -0.2) is 0 Å². The fraction of sp³-hybridized carbons (Fsp3) is 0.667. The Hall–Kier alpha value is -0.820.